The van der Waals surface area contributed by atoms with Gasteiger partial charge in [-0.15, -0.1) is 24.6 Å². The van der Waals surface area contributed by atoms with Crippen LogP contribution in [-0.4, -0.2) is 218 Å². The smallest absolute Gasteiger partial charge is 0.254 e. The van der Waals surface area contributed by atoms with Crippen LogP contribution in [0.15, 0.2) is 24.6 Å². The molecular formula is C52H136N6OSi13. The van der Waals surface area contributed by atoms with Crippen molar-refractivity contribution >= 4 is 106 Å². The Bertz CT molecular complexity index is 1520. The molecule has 0 spiro atoms. The SMILES string of the molecule is C=C[Si]1(C)C[Si](C)(C=C)C1.CN(C)[Si](C)(C)C[Si](C)(N(C)C)N(C)C.CN(C)[Si](C)(C)O[Si](C)(C)C.CN(C)[Si]1(C)CC(C)(C)C1.CN(C)[Si]1(C)C[Si](C)(C)C1.C[Si]1(C)C[Si](C)(C)C1.C[Si]1(C)C[Si](C)(C)C1. The molecule has 0 radical (unpaired) electrons. The van der Waals surface area contributed by atoms with Crippen molar-refractivity contribution in [2.75, 3.05) is 84.6 Å². The second-order valence-corrected chi connectivity index (χ2v) is 102. The molecular weight excluding hydrogens is 1090 g/mol. The molecule has 0 atom stereocenters. The Morgan fingerprint density at radius 2 is 0.694 bits per heavy atom. The van der Waals surface area contributed by atoms with Crippen LogP contribution in [0.25, 0.3) is 0 Å². The van der Waals surface area contributed by atoms with Crippen molar-refractivity contribution in [3.63, 3.8) is 0 Å². The van der Waals surface area contributed by atoms with Crippen molar-refractivity contribution in [1.82, 2.24) is 27.4 Å². The average Bonchev–Trinajstić information content (AvgIpc) is 3.06. The largest absolute Gasteiger partial charge is 0.445 e. The highest BCUT2D eigenvalue weighted by molar-refractivity contribution is 7.16. The molecule has 5 rings (SSSR count). The third kappa shape index (κ3) is 27.0. The summed E-state index contributed by atoms with van der Waals surface area (Å²) in [6.45, 7) is 66.2. The number of rotatable bonds is 12. The fourth-order valence-electron chi connectivity index (χ4n) is 14.3. The summed E-state index contributed by atoms with van der Waals surface area (Å²) in [6, 6.07) is 2.96. The van der Waals surface area contributed by atoms with Gasteiger partial charge in [-0.3, -0.25) is 0 Å². The van der Waals surface area contributed by atoms with Crippen LogP contribution < -0.4 is 0 Å². The summed E-state index contributed by atoms with van der Waals surface area (Å²) in [5, 5.41) is 0. The molecule has 5 aliphatic rings. The Morgan fingerprint density at radius 1 is 0.417 bits per heavy atom. The molecule has 72 heavy (non-hydrogen) atoms. The third-order valence-corrected chi connectivity index (χ3v) is 104. The van der Waals surface area contributed by atoms with Crippen LogP contribution in [0.2, 0.25) is 207 Å². The molecule has 5 heterocycles. The summed E-state index contributed by atoms with van der Waals surface area (Å²) in [6.07, 6.45) is 0. The lowest BCUT2D eigenvalue weighted by atomic mass is 9.98. The maximum Gasteiger partial charge on any atom is 0.254 e. The van der Waals surface area contributed by atoms with E-state index in [1.54, 1.807) is 34.0 Å². The quantitative estimate of drug-likeness (QED) is 0.180. The summed E-state index contributed by atoms with van der Waals surface area (Å²) < 4.78 is 20.7. The molecule has 5 saturated heterocycles. The van der Waals surface area contributed by atoms with E-state index in [1.165, 1.54) is 29.1 Å². The zero-order chi connectivity index (χ0) is 58.4. The Kier molecular flexibility index (Phi) is 28.7. The van der Waals surface area contributed by atoms with Crippen LogP contribution in [0.5, 0.6) is 0 Å². The predicted octanol–water partition coefficient (Wildman–Crippen LogP) is 15.4. The minimum absolute atomic E-state index is 0.524. The van der Waals surface area contributed by atoms with Gasteiger partial charge in [0, 0.05) is 40.4 Å². The van der Waals surface area contributed by atoms with Gasteiger partial charge in [0.1, 0.15) is 24.7 Å². The maximum absolute atomic E-state index is 6.09. The first-order chi connectivity index (χ1) is 31.3. The highest BCUT2D eigenvalue weighted by Gasteiger charge is 2.51. The molecule has 5 aliphatic heterocycles. The van der Waals surface area contributed by atoms with Gasteiger partial charge < -0.3 is 31.5 Å². The second kappa shape index (κ2) is 27.2. The zero-order valence-corrected chi connectivity index (χ0v) is 69.4. The van der Waals surface area contributed by atoms with Crippen LogP contribution in [0.1, 0.15) is 13.8 Å². The van der Waals surface area contributed by atoms with Gasteiger partial charge >= 0.3 is 0 Å². The minimum Gasteiger partial charge on any atom is -0.445 e. The van der Waals surface area contributed by atoms with E-state index in [0.29, 0.717) is 5.41 Å². The lowest BCUT2D eigenvalue weighted by molar-refractivity contribution is 0.360. The van der Waals surface area contributed by atoms with Crippen LogP contribution in [0.4, 0.5) is 0 Å². The summed E-state index contributed by atoms with van der Waals surface area (Å²) in [7, 11) is 14.9. The van der Waals surface area contributed by atoms with Crippen molar-refractivity contribution in [2.45, 2.75) is 221 Å². The van der Waals surface area contributed by atoms with Crippen molar-refractivity contribution < 1.29 is 4.12 Å². The van der Waals surface area contributed by atoms with Gasteiger partial charge in [-0.1, -0.05) is 153 Å². The first-order valence-corrected chi connectivity index (χ1v) is 69.1. The summed E-state index contributed by atoms with van der Waals surface area (Å²) >= 11 is 0. The average molecular weight is 1230 g/mol. The molecule has 0 aromatic rings. The summed E-state index contributed by atoms with van der Waals surface area (Å²) in [5.74, 6) is 0. The summed E-state index contributed by atoms with van der Waals surface area (Å²) in [4.78, 5) is 0. The lowest BCUT2D eigenvalue weighted by Gasteiger charge is -2.53. The van der Waals surface area contributed by atoms with Gasteiger partial charge in [0.15, 0.2) is 8.32 Å². The predicted molar refractivity (Wildman–Crippen MR) is 374 cm³/mol. The highest BCUT2D eigenvalue weighted by atomic mass is 28.5. The van der Waals surface area contributed by atoms with Gasteiger partial charge in [-0.2, -0.15) is 0 Å². The van der Waals surface area contributed by atoms with Crippen molar-refractivity contribution in [2.24, 2.45) is 5.41 Å². The highest BCUT2D eigenvalue weighted by Crippen LogP contribution is 2.49. The molecule has 432 valence electrons. The first-order valence-electron chi connectivity index (χ1n) is 28.3. The van der Waals surface area contributed by atoms with Gasteiger partial charge in [-0.25, -0.2) is 0 Å². The van der Waals surface area contributed by atoms with Crippen LogP contribution in [-0.2, 0) is 4.12 Å². The van der Waals surface area contributed by atoms with E-state index in [2.05, 4.69) is 294 Å². The Morgan fingerprint density at radius 3 is 0.806 bits per heavy atom. The Hall–Kier alpha value is 2.02. The van der Waals surface area contributed by atoms with E-state index in [9.17, 15) is 0 Å². The van der Waals surface area contributed by atoms with E-state index in [0.717, 1.165) is 0 Å². The van der Waals surface area contributed by atoms with E-state index in [-0.39, 0.29) is 0 Å². The normalized spacial score (nSPS) is 26.4. The van der Waals surface area contributed by atoms with E-state index >= 15 is 0 Å². The van der Waals surface area contributed by atoms with Gasteiger partial charge in [0.25, 0.3) is 8.48 Å². The van der Waals surface area contributed by atoms with Crippen LogP contribution >= 0.6 is 0 Å². The number of hydrogen-bond donors (Lipinski definition) is 0. The van der Waals surface area contributed by atoms with Crippen molar-refractivity contribution in [1.29, 1.82) is 0 Å². The van der Waals surface area contributed by atoms with Crippen LogP contribution in [0, 0.1) is 5.41 Å². The standard InChI is InChI=1S/C10H29N3Si2.C8H19NSi.C8H16Si2.C7H21NOSi2.C7H19NSi2.2C6H16Si2/c1-11(2)14(7,8)10-15(9,12(3)4)13(5)6;1-8(2)6-10(5,7-8)9(3)4;1-5-9(3)7-10(4,6-2)8-9;1-8(2)11(6,7)9-10(3,4)5;1-8(2)10(5)6-9(3,4)7-10;2*1-7(2)5-8(3,4)6-7/h10H2,1-9H3;6-7H2,1-5H3;5-6H,1-2,7-8H2,3-4H3;1-7H3;6-7H2,1-5H3;2*5-6H2,1-4H3. The number of nitrogens with zero attached hydrogens (tertiary/aromatic N) is 6. The molecule has 7 nitrogen and oxygen atoms in total. The fourth-order valence-corrected chi connectivity index (χ4v) is 113. The molecule has 5 fully saturated rings. The summed E-state index contributed by atoms with van der Waals surface area (Å²) in [5.41, 5.74) is 19.5. The molecule has 0 saturated carbocycles. The minimum atomic E-state index is -1.52. The third-order valence-electron chi connectivity index (χ3n) is 17.6. The zero-order valence-electron chi connectivity index (χ0n) is 56.4. The fraction of sp³-hybridized carbons (Fsp3) is 0.923. The maximum atomic E-state index is 6.09. The van der Waals surface area contributed by atoms with Crippen molar-refractivity contribution in [3.05, 3.63) is 24.6 Å². The number of hydrogen-bond acceptors (Lipinski definition) is 7. The first kappa shape index (κ1) is 76.1. The molecule has 0 unspecified atom stereocenters. The Balaban J connectivity index is 0. The lowest BCUT2D eigenvalue weighted by Crippen LogP contribution is -2.65. The molecule has 0 aromatic carbocycles. The van der Waals surface area contributed by atoms with E-state index in [4.69, 9.17) is 4.12 Å². The second-order valence-electron chi connectivity index (χ2n) is 33.7. The van der Waals surface area contributed by atoms with Gasteiger partial charge in [-0.05, 0) is 158 Å². The Labute approximate surface area is 469 Å². The van der Waals surface area contributed by atoms with E-state index in [1.807, 2.05) is 0 Å². The monoisotopic (exact) mass is 1220 g/mol. The topological polar surface area (TPSA) is 28.7 Å². The molecule has 0 amide bonds. The van der Waals surface area contributed by atoms with Gasteiger partial charge in [0.05, 0.1) is 16.1 Å². The molecule has 0 aliphatic carbocycles. The van der Waals surface area contributed by atoms with Gasteiger partial charge in [0.2, 0.25) is 8.40 Å². The molecule has 0 bridgehead atoms. The van der Waals surface area contributed by atoms with E-state index < -0.39 is 106 Å². The van der Waals surface area contributed by atoms with Crippen LogP contribution in [0.3, 0.4) is 0 Å². The molecule has 0 N–H and O–H groups in total. The molecule has 0 aromatic heterocycles. The van der Waals surface area contributed by atoms with Crippen molar-refractivity contribution in [3.8, 4) is 0 Å². The molecule has 20 heteroatoms.